The molecule has 1 aromatic heterocycles. The van der Waals surface area contributed by atoms with Gasteiger partial charge in [-0.2, -0.15) is 0 Å². The van der Waals surface area contributed by atoms with Crippen molar-refractivity contribution in [3.05, 3.63) is 30.6 Å². The zero-order valence-corrected chi connectivity index (χ0v) is 12.2. The van der Waals surface area contributed by atoms with E-state index in [9.17, 15) is 0 Å². The SMILES string of the molecule is CC(CNc1ccc(N)c2ccncc12)C(C)(C)C. The maximum absolute atomic E-state index is 5.99. The number of anilines is 2. The van der Waals surface area contributed by atoms with Gasteiger partial charge in [-0.1, -0.05) is 27.7 Å². The number of benzene rings is 1. The molecule has 0 bridgehead atoms. The first kappa shape index (κ1) is 13.7. The van der Waals surface area contributed by atoms with Crippen molar-refractivity contribution in [3.8, 4) is 0 Å². The fourth-order valence-electron chi connectivity index (χ4n) is 1.94. The molecule has 0 saturated carbocycles. The molecule has 3 nitrogen and oxygen atoms in total. The van der Waals surface area contributed by atoms with Crippen molar-refractivity contribution in [2.75, 3.05) is 17.6 Å². The topological polar surface area (TPSA) is 50.9 Å². The molecule has 0 amide bonds. The van der Waals surface area contributed by atoms with Crippen molar-refractivity contribution in [3.63, 3.8) is 0 Å². The lowest BCUT2D eigenvalue weighted by atomic mass is 9.82. The number of pyridine rings is 1. The summed E-state index contributed by atoms with van der Waals surface area (Å²) in [6.45, 7) is 10.0. The highest BCUT2D eigenvalue weighted by Crippen LogP contribution is 2.29. The molecule has 1 atom stereocenters. The third-order valence-corrected chi connectivity index (χ3v) is 3.93. The first-order chi connectivity index (χ1) is 8.89. The summed E-state index contributed by atoms with van der Waals surface area (Å²) >= 11 is 0. The summed E-state index contributed by atoms with van der Waals surface area (Å²) in [7, 11) is 0. The van der Waals surface area contributed by atoms with E-state index in [1.807, 2.05) is 24.4 Å². The van der Waals surface area contributed by atoms with Crippen molar-refractivity contribution >= 4 is 22.1 Å². The van der Waals surface area contributed by atoms with Crippen LogP contribution in [0.1, 0.15) is 27.7 Å². The van der Waals surface area contributed by atoms with Crippen LogP contribution in [0.5, 0.6) is 0 Å². The van der Waals surface area contributed by atoms with E-state index in [1.54, 1.807) is 6.20 Å². The van der Waals surface area contributed by atoms with Gasteiger partial charge in [-0.3, -0.25) is 4.98 Å². The Bertz CT molecular complexity index is 570. The molecule has 3 N–H and O–H groups in total. The van der Waals surface area contributed by atoms with E-state index < -0.39 is 0 Å². The molecule has 102 valence electrons. The number of nitrogens with zero attached hydrogens (tertiary/aromatic N) is 1. The molecule has 0 saturated heterocycles. The summed E-state index contributed by atoms with van der Waals surface area (Å²) in [5, 5.41) is 5.67. The molecule has 0 aliphatic carbocycles. The lowest BCUT2D eigenvalue weighted by molar-refractivity contribution is 0.274. The van der Waals surface area contributed by atoms with Gasteiger partial charge >= 0.3 is 0 Å². The van der Waals surface area contributed by atoms with Crippen LogP contribution >= 0.6 is 0 Å². The molecule has 0 radical (unpaired) electrons. The Balaban J connectivity index is 2.25. The lowest BCUT2D eigenvalue weighted by Gasteiger charge is -2.28. The minimum atomic E-state index is 0.300. The first-order valence-corrected chi connectivity index (χ1v) is 6.75. The van der Waals surface area contributed by atoms with Crippen molar-refractivity contribution < 1.29 is 0 Å². The van der Waals surface area contributed by atoms with E-state index in [1.165, 1.54) is 0 Å². The third-order valence-electron chi connectivity index (χ3n) is 3.93. The van der Waals surface area contributed by atoms with Crippen LogP contribution in [0.25, 0.3) is 10.8 Å². The Labute approximate surface area is 115 Å². The monoisotopic (exact) mass is 257 g/mol. The second kappa shape index (κ2) is 5.08. The summed E-state index contributed by atoms with van der Waals surface area (Å²) in [6, 6.07) is 5.95. The smallest absolute Gasteiger partial charge is 0.0437 e. The average Bonchev–Trinajstić information content (AvgIpc) is 2.37. The Hall–Kier alpha value is -1.77. The van der Waals surface area contributed by atoms with Gasteiger partial charge in [0.1, 0.15) is 0 Å². The maximum Gasteiger partial charge on any atom is 0.0437 e. The maximum atomic E-state index is 5.99. The van der Waals surface area contributed by atoms with Crippen LogP contribution in [0.2, 0.25) is 0 Å². The summed E-state index contributed by atoms with van der Waals surface area (Å²) < 4.78 is 0. The highest BCUT2D eigenvalue weighted by Gasteiger charge is 2.19. The van der Waals surface area contributed by atoms with Crippen LogP contribution in [0.4, 0.5) is 11.4 Å². The number of nitrogens with two attached hydrogens (primary N) is 1. The van der Waals surface area contributed by atoms with Gasteiger partial charge in [0, 0.05) is 41.1 Å². The van der Waals surface area contributed by atoms with Crippen LogP contribution in [0.3, 0.4) is 0 Å². The largest absolute Gasteiger partial charge is 0.398 e. The third kappa shape index (κ3) is 2.98. The number of fused-ring (bicyclic) bond motifs is 1. The van der Waals surface area contributed by atoms with Crippen molar-refractivity contribution in [1.29, 1.82) is 0 Å². The molecule has 0 spiro atoms. The number of hydrogen-bond donors (Lipinski definition) is 2. The van der Waals surface area contributed by atoms with Crippen molar-refractivity contribution in [2.24, 2.45) is 11.3 Å². The lowest BCUT2D eigenvalue weighted by Crippen LogP contribution is -2.24. The van der Waals surface area contributed by atoms with Crippen LogP contribution in [0, 0.1) is 11.3 Å². The van der Waals surface area contributed by atoms with Gasteiger partial charge in [0.05, 0.1) is 0 Å². The van der Waals surface area contributed by atoms with Crippen molar-refractivity contribution in [1.82, 2.24) is 4.98 Å². The summed E-state index contributed by atoms with van der Waals surface area (Å²) in [5.41, 5.74) is 8.20. The standard InChI is InChI=1S/C16H23N3/c1-11(16(2,3)4)9-19-15-6-5-14(17)12-7-8-18-10-13(12)15/h5-8,10-11,19H,9,17H2,1-4H3. The average molecular weight is 257 g/mol. The van der Waals surface area contributed by atoms with Crippen LogP contribution in [-0.4, -0.2) is 11.5 Å². The highest BCUT2D eigenvalue weighted by atomic mass is 14.9. The van der Waals surface area contributed by atoms with E-state index >= 15 is 0 Å². The number of aromatic nitrogens is 1. The van der Waals surface area contributed by atoms with Gasteiger partial charge < -0.3 is 11.1 Å². The molecule has 19 heavy (non-hydrogen) atoms. The molecule has 3 heteroatoms. The number of rotatable bonds is 3. The number of hydrogen-bond acceptors (Lipinski definition) is 3. The van der Waals surface area contributed by atoms with Crippen LogP contribution in [0.15, 0.2) is 30.6 Å². The molecule has 0 fully saturated rings. The fourth-order valence-corrected chi connectivity index (χ4v) is 1.94. The fraction of sp³-hybridized carbons (Fsp3) is 0.438. The van der Waals surface area contributed by atoms with Gasteiger partial charge in [0.25, 0.3) is 0 Å². The predicted molar refractivity (Wildman–Crippen MR) is 83.3 cm³/mol. The Morgan fingerprint density at radius 1 is 1.21 bits per heavy atom. The summed E-state index contributed by atoms with van der Waals surface area (Å²) in [5.74, 6) is 0.580. The highest BCUT2D eigenvalue weighted by molar-refractivity contribution is 6.00. The van der Waals surface area contributed by atoms with E-state index in [0.29, 0.717) is 11.3 Å². The predicted octanol–water partition coefficient (Wildman–Crippen LogP) is 3.91. The molecule has 0 aliphatic rings. The quantitative estimate of drug-likeness (QED) is 0.820. The normalized spacial score (nSPS) is 13.5. The summed E-state index contributed by atoms with van der Waals surface area (Å²) in [6.07, 6.45) is 3.65. The second-order valence-corrected chi connectivity index (χ2v) is 6.27. The molecular formula is C16H23N3. The minimum absolute atomic E-state index is 0.300. The van der Waals surface area contributed by atoms with Crippen LogP contribution in [-0.2, 0) is 0 Å². The van der Waals surface area contributed by atoms with Gasteiger partial charge in [-0.15, -0.1) is 0 Å². The van der Waals surface area contributed by atoms with Gasteiger partial charge in [-0.25, -0.2) is 0 Å². The Morgan fingerprint density at radius 3 is 2.63 bits per heavy atom. The zero-order chi connectivity index (χ0) is 14.0. The molecule has 1 heterocycles. The van der Waals surface area contributed by atoms with Gasteiger partial charge in [0.15, 0.2) is 0 Å². The first-order valence-electron chi connectivity index (χ1n) is 6.75. The Kier molecular flexibility index (Phi) is 3.65. The summed E-state index contributed by atoms with van der Waals surface area (Å²) in [4.78, 5) is 4.19. The van der Waals surface area contributed by atoms with Gasteiger partial charge in [0.2, 0.25) is 0 Å². The molecule has 2 aromatic rings. The molecule has 0 aliphatic heterocycles. The molecule has 1 unspecified atom stereocenters. The second-order valence-electron chi connectivity index (χ2n) is 6.27. The van der Waals surface area contributed by atoms with Crippen molar-refractivity contribution in [2.45, 2.75) is 27.7 Å². The van der Waals surface area contributed by atoms with E-state index in [4.69, 9.17) is 5.73 Å². The Morgan fingerprint density at radius 2 is 1.95 bits per heavy atom. The van der Waals surface area contributed by atoms with E-state index in [2.05, 4.69) is 38.0 Å². The number of nitrogen functional groups attached to an aromatic ring is 1. The number of nitrogens with one attached hydrogen (secondary N) is 1. The molecular weight excluding hydrogens is 234 g/mol. The van der Waals surface area contributed by atoms with E-state index in [-0.39, 0.29) is 0 Å². The molecule has 2 rings (SSSR count). The van der Waals surface area contributed by atoms with Gasteiger partial charge in [-0.05, 0) is 29.5 Å². The molecule has 1 aromatic carbocycles. The zero-order valence-electron chi connectivity index (χ0n) is 12.2. The van der Waals surface area contributed by atoms with E-state index in [0.717, 1.165) is 28.7 Å². The minimum Gasteiger partial charge on any atom is -0.398 e. The van der Waals surface area contributed by atoms with Crippen LogP contribution < -0.4 is 11.1 Å².